The Bertz CT molecular complexity index is 625. The van der Waals surface area contributed by atoms with E-state index in [4.69, 9.17) is 5.73 Å². The third-order valence-electron chi connectivity index (χ3n) is 2.71. The van der Waals surface area contributed by atoms with Crippen LogP contribution in [0.25, 0.3) is 0 Å². The summed E-state index contributed by atoms with van der Waals surface area (Å²) >= 11 is 8.35. The second-order valence-corrected chi connectivity index (χ2v) is 7.52. The summed E-state index contributed by atoms with van der Waals surface area (Å²) in [7, 11) is 0. The van der Waals surface area contributed by atoms with Crippen LogP contribution in [0.3, 0.4) is 0 Å². The normalized spacial score (nSPS) is 10.5. The van der Waals surface area contributed by atoms with E-state index in [-0.39, 0.29) is 5.91 Å². The highest BCUT2D eigenvalue weighted by Gasteiger charge is 2.12. The second kappa shape index (κ2) is 6.07. The van der Waals surface area contributed by atoms with E-state index in [0.717, 1.165) is 18.7 Å². The Morgan fingerprint density at radius 3 is 2.74 bits per heavy atom. The van der Waals surface area contributed by atoms with Crippen LogP contribution < -0.4 is 11.1 Å². The molecule has 3 nitrogen and oxygen atoms in total. The maximum Gasteiger partial charge on any atom is 0.251 e. The molecule has 0 aliphatic heterocycles. The maximum atomic E-state index is 12.2. The standard InChI is InChI=1S/C13H12Br2N2OS/c1-7-10(4-8(14)5-11(7)16)13(18)17-6-9-2-3-12(15)19-9/h2-5H,6,16H2,1H3,(H,17,18). The van der Waals surface area contributed by atoms with E-state index in [9.17, 15) is 4.79 Å². The van der Waals surface area contributed by atoms with Crippen molar-refractivity contribution in [3.8, 4) is 0 Å². The lowest BCUT2D eigenvalue weighted by Crippen LogP contribution is -2.23. The van der Waals surface area contributed by atoms with Gasteiger partial charge in [-0.15, -0.1) is 11.3 Å². The first-order valence-corrected chi connectivity index (χ1v) is 7.95. The van der Waals surface area contributed by atoms with Gasteiger partial charge in [-0.05, 0) is 52.7 Å². The zero-order chi connectivity index (χ0) is 14.0. The number of amides is 1. The molecule has 2 aromatic rings. The lowest BCUT2D eigenvalue weighted by Gasteiger charge is -2.09. The average Bonchev–Trinajstić information content (AvgIpc) is 2.76. The fourth-order valence-corrected chi connectivity index (χ4v) is 3.54. The molecule has 0 saturated heterocycles. The van der Waals surface area contributed by atoms with Crippen molar-refractivity contribution in [3.05, 3.63) is 48.5 Å². The van der Waals surface area contributed by atoms with Gasteiger partial charge in [0.2, 0.25) is 0 Å². The molecule has 100 valence electrons. The van der Waals surface area contributed by atoms with E-state index in [1.165, 1.54) is 0 Å². The number of hydrogen-bond donors (Lipinski definition) is 2. The van der Waals surface area contributed by atoms with E-state index >= 15 is 0 Å². The number of hydrogen-bond acceptors (Lipinski definition) is 3. The molecule has 0 atom stereocenters. The van der Waals surface area contributed by atoms with Crippen molar-refractivity contribution in [1.82, 2.24) is 5.32 Å². The van der Waals surface area contributed by atoms with Gasteiger partial charge < -0.3 is 11.1 Å². The Balaban J connectivity index is 2.12. The van der Waals surface area contributed by atoms with Crippen LogP contribution in [0, 0.1) is 6.92 Å². The molecule has 2 rings (SSSR count). The molecule has 6 heteroatoms. The van der Waals surface area contributed by atoms with E-state index in [2.05, 4.69) is 37.2 Å². The lowest BCUT2D eigenvalue weighted by molar-refractivity contribution is 0.0950. The number of nitrogens with one attached hydrogen (secondary N) is 1. The third-order valence-corrected chi connectivity index (χ3v) is 4.79. The van der Waals surface area contributed by atoms with Gasteiger partial charge in [0.1, 0.15) is 0 Å². The molecule has 0 aliphatic carbocycles. The summed E-state index contributed by atoms with van der Waals surface area (Å²) in [6.45, 7) is 2.36. The fourth-order valence-electron chi connectivity index (χ4n) is 1.65. The summed E-state index contributed by atoms with van der Waals surface area (Å²) in [4.78, 5) is 13.3. The highest BCUT2D eigenvalue weighted by molar-refractivity contribution is 9.11. The number of benzene rings is 1. The smallest absolute Gasteiger partial charge is 0.251 e. The molecule has 19 heavy (non-hydrogen) atoms. The highest BCUT2D eigenvalue weighted by Crippen LogP contribution is 2.24. The Morgan fingerprint density at radius 2 is 2.11 bits per heavy atom. The number of nitrogen functional groups attached to an aromatic ring is 1. The van der Waals surface area contributed by atoms with Crippen molar-refractivity contribution >= 4 is 54.8 Å². The summed E-state index contributed by atoms with van der Waals surface area (Å²) in [5, 5.41) is 2.90. The molecular formula is C13H12Br2N2OS. The molecule has 1 heterocycles. The Hall–Kier alpha value is -0.850. The molecule has 1 aromatic heterocycles. The lowest BCUT2D eigenvalue weighted by atomic mass is 10.1. The minimum absolute atomic E-state index is 0.116. The predicted molar refractivity (Wildman–Crippen MR) is 86.5 cm³/mol. The Kier molecular flexibility index (Phi) is 4.65. The van der Waals surface area contributed by atoms with Crippen molar-refractivity contribution in [2.75, 3.05) is 5.73 Å². The maximum absolute atomic E-state index is 12.2. The largest absolute Gasteiger partial charge is 0.398 e. The van der Waals surface area contributed by atoms with Gasteiger partial charge in [-0.25, -0.2) is 0 Å². The first kappa shape index (κ1) is 14.6. The van der Waals surface area contributed by atoms with Crippen molar-refractivity contribution in [2.45, 2.75) is 13.5 Å². The van der Waals surface area contributed by atoms with E-state index in [0.29, 0.717) is 17.8 Å². The van der Waals surface area contributed by atoms with E-state index < -0.39 is 0 Å². The van der Waals surface area contributed by atoms with Gasteiger partial charge >= 0.3 is 0 Å². The second-order valence-electron chi connectivity index (χ2n) is 4.06. The van der Waals surface area contributed by atoms with Crippen LogP contribution in [-0.4, -0.2) is 5.91 Å². The molecule has 0 bridgehead atoms. The van der Waals surface area contributed by atoms with Crippen LogP contribution in [0.5, 0.6) is 0 Å². The first-order chi connectivity index (χ1) is 8.97. The van der Waals surface area contributed by atoms with Gasteiger partial charge in [0.25, 0.3) is 5.91 Å². The number of carbonyl (C=O) groups excluding carboxylic acids is 1. The summed E-state index contributed by atoms with van der Waals surface area (Å²) in [6, 6.07) is 7.53. The fraction of sp³-hybridized carbons (Fsp3) is 0.154. The first-order valence-electron chi connectivity index (χ1n) is 5.55. The molecule has 0 unspecified atom stereocenters. The summed E-state index contributed by atoms with van der Waals surface area (Å²) in [5.74, 6) is -0.116. The van der Waals surface area contributed by atoms with Gasteiger partial charge in [-0.1, -0.05) is 15.9 Å². The molecule has 0 fully saturated rings. The summed E-state index contributed by atoms with van der Waals surface area (Å²) in [6.07, 6.45) is 0. The number of carbonyl (C=O) groups is 1. The number of nitrogens with two attached hydrogens (primary N) is 1. The molecule has 0 aliphatic rings. The number of halogens is 2. The van der Waals surface area contributed by atoms with Crippen LogP contribution in [0.15, 0.2) is 32.5 Å². The molecule has 1 aromatic carbocycles. The number of rotatable bonds is 3. The molecule has 0 spiro atoms. The highest BCUT2D eigenvalue weighted by atomic mass is 79.9. The molecular weight excluding hydrogens is 392 g/mol. The molecule has 0 saturated carbocycles. The molecule has 3 N–H and O–H groups in total. The summed E-state index contributed by atoms with van der Waals surface area (Å²) in [5.41, 5.74) is 7.86. The minimum atomic E-state index is -0.116. The monoisotopic (exact) mass is 402 g/mol. The number of anilines is 1. The van der Waals surface area contributed by atoms with Crippen LogP contribution in [0.1, 0.15) is 20.8 Å². The molecule has 1 amide bonds. The van der Waals surface area contributed by atoms with Crippen LogP contribution in [0.2, 0.25) is 0 Å². The van der Waals surface area contributed by atoms with Crippen LogP contribution >= 0.6 is 43.2 Å². The van der Waals surface area contributed by atoms with Crippen LogP contribution in [-0.2, 0) is 6.54 Å². The molecule has 0 radical (unpaired) electrons. The van der Waals surface area contributed by atoms with Gasteiger partial charge in [0, 0.05) is 20.6 Å². The average molecular weight is 404 g/mol. The predicted octanol–water partition coefficient (Wildman–Crippen LogP) is 4.09. The van der Waals surface area contributed by atoms with Gasteiger partial charge in [0.15, 0.2) is 0 Å². The van der Waals surface area contributed by atoms with Gasteiger partial charge in [0.05, 0.1) is 10.3 Å². The SMILES string of the molecule is Cc1c(N)cc(Br)cc1C(=O)NCc1ccc(Br)s1. The minimum Gasteiger partial charge on any atom is -0.398 e. The van der Waals surface area contributed by atoms with Crippen molar-refractivity contribution < 1.29 is 4.79 Å². The van der Waals surface area contributed by atoms with E-state index in [1.54, 1.807) is 23.5 Å². The van der Waals surface area contributed by atoms with Crippen molar-refractivity contribution in [1.29, 1.82) is 0 Å². The quantitative estimate of drug-likeness (QED) is 0.758. The topological polar surface area (TPSA) is 55.1 Å². The summed E-state index contributed by atoms with van der Waals surface area (Å²) < 4.78 is 1.86. The zero-order valence-corrected chi connectivity index (χ0v) is 14.2. The zero-order valence-electron chi connectivity index (χ0n) is 10.2. The van der Waals surface area contributed by atoms with Crippen molar-refractivity contribution in [2.24, 2.45) is 0 Å². The van der Waals surface area contributed by atoms with Gasteiger partial charge in [-0.2, -0.15) is 0 Å². The van der Waals surface area contributed by atoms with E-state index in [1.807, 2.05) is 19.1 Å². The third kappa shape index (κ3) is 3.58. The Morgan fingerprint density at radius 1 is 1.37 bits per heavy atom. The van der Waals surface area contributed by atoms with Crippen molar-refractivity contribution in [3.63, 3.8) is 0 Å². The Labute approximate surface area is 132 Å². The number of thiophene rings is 1. The van der Waals surface area contributed by atoms with Crippen LogP contribution in [0.4, 0.5) is 5.69 Å². The van der Waals surface area contributed by atoms with Gasteiger partial charge in [-0.3, -0.25) is 4.79 Å².